The first-order valence-electron chi connectivity index (χ1n) is 6.73. The van der Waals surface area contributed by atoms with E-state index in [2.05, 4.69) is 10.4 Å². The molecule has 2 aromatic rings. The van der Waals surface area contributed by atoms with Gasteiger partial charge < -0.3 is 10.1 Å². The predicted octanol–water partition coefficient (Wildman–Crippen LogP) is 3.57. The normalized spacial score (nSPS) is 12.7. The Labute approximate surface area is 128 Å². The predicted molar refractivity (Wildman–Crippen MR) is 81.5 cm³/mol. The van der Waals surface area contributed by atoms with Crippen molar-refractivity contribution in [3.05, 3.63) is 46.5 Å². The second-order valence-corrected chi connectivity index (χ2v) is 5.44. The zero-order valence-corrected chi connectivity index (χ0v) is 13.3. The molecular formula is C15H19ClFN3O. The Morgan fingerprint density at radius 1 is 1.38 bits per heavy atom. The summed E-state index contributed by atoms with van der Waals surface area (Å²) in [6, 6.07) is 4.79. The van der Waals surface area contributed by atoms with Crippen molar-refractivity contribution in [2.45, 2.75) is 25.9 Å². The Morgan fingerprint density at radius 2 is 2.10 bits per heavy atom. The van der Waals surface area contributed by atoms with E-state index in [1.165, 1.54) is 13.2 Å². The van der Waals surface area contributed by atoms with E-state index in [0.29, 0.717) is 5.02 Å². The Morgan fingerprint density at radius 3 is 2.62 bits per heavy atom. The number of benzene rings is 1. The number of nitrogens with zero attached hydrogens (tertiary/aromatic N) is 2. The van der Waals surface area contributed by atoms with E-state index in [9.17, 15) is 4.39 Å². The maximum Gasteiger partial charge on any atom is 0.165 e. The van der Waals surface area contributed by atoms with Gasteiger partial charge in [0.25, 0.3) is 0 Å². The highest BCUT2D eigenvalue weighted by atomic mass is 35.5. The molecule has 1 N–H and O–H groups in total. The monoisotopic (exact) mass is 311 g/mol. The standard InChI is InChI=1S/C15H19ClFN3O/c1-9(2)20-15(11(16)8-19-20)14(18-3)10-5-6-13(21-4)12(17)7-10/h5-9,14,18H,1-4H3. The first-order valence-corrected chi connectivity index (χ1v) is 7.11. The maximum atomic E-state index is 13.9. The van der Waals surface area contributed by atoms with Gasteiger partial charge in [-0.15, -0.1) is 0 Å². The van der Waals surface area contributed by atoms with E-state index in [4.69, 9.17) is 16.3 Å². The van der Waals surface area contributed by atoms with Crippen LogP contribution in [0.25, 0.3) is 0 Å². The van der Waals surface area contributed by atoms with Crippen LogP contribution in [0.15, 0.2) is 24.4 Å². The molecule has 6 heteroatoms. The highest BCUT2D eigenvalue weighted by Gasteiger charge is 2.23. The quantitative estimate of drug-likeness (QED) is 0.917. The molecule has 0 spiro atoms. The third-order valence-electron chi connectivity index (χ3n) is 3.35. The Bertz CT molecular complexity index is 627. The van der Waals surface area contributed by atoms with Crippen molar-refractivity contribution in [1.29, 1.82) is 0 Å². The van der Waals surface area contributed by atoms with Gasteiger partial charge in [0.2, 0.25) is 0 Å². The summed E-state index contributed by atoms with van der Waals surface area (Å²) in [5.41, 5.74) is 1.58. The molecule has 0 amide bonds. The number of halogens is 2. The molecule has 1 atom stereocenters. The number of aromatic nitrogens is 2. The number of hydrogen-bond acceptors (Lipinski definition) is 3. The summed E-state index contributed by atoms with van der Waals surface area (Å²) in [6.45, 7) is 4.04. The van der Waals surface area contributed by atoms with Gasteiger partial charge in [-0.2, -0.15) is 5.10 Å². The van der Waals surface area contributed by atoms with Gasteiger partial charge in [-0.25, -0.2) is 4.39 Å². The molecule has 0 aliphatic rings. The number of hydrogen-bond donors (Lipinski definition) is 1. The molecular weight excluding hydrogens is 293 g/mol. The Balaban J connectivity index is 2.49. The Kier molecular flexibility index (Phi) is 4.85. The van der Waals surface area contributed by atoms with Crippen molar-refractivity contribution in [3.63, 3.8) is 0 Å². The van der Waals surface area contributed by atoms with Crippen LogP contribution in [0.2, 0.25) is 5.02 Å². The fourth-order valence-electron chi connectivity index (χ4n) is 2.36. The van der Waals surface area contributed by atoms with Gasteiger partial charge in [-0.3, -0.25) is 4.68 Å². The Hall–Kier alpha value is -1.59. The lowest BCUT2D eigenvalue weighted by molar-refractivity contribution is 0.385. The van der Waals surface area contributed by atoms with Crippen LogP contribution in [0, 0.1) is 5.82 Å². The van der Waals surface area contributed by atoms with Crippen LogP contribution in [0.5, 0.6) is 5.75 Å². The first kappa shape index (κ1) is 15.8. The summed E-state index contributed by atoms with van der Waals surface area (Å²) < 4.78 is 20.7. The van der Waals surface area contributed by atoms with Crippen LogP contribution in [-0.4, -0.2) is 23.9 Å². The zero-order valence-electron chi connectivity index (χ0n) is 12.5. The van der Waals surface area contributed by atoms with Gasteiger partial charge in [0.15, 0.2) is 11.6 Å². The molecule has 0 saturated heterocycles. The molecule has 21 heavy (non-hydrogen) atoms. The van der Waals surface area contributed by atoms with Crippen molar-refractivity contribution in [1.82, 2.24) is 15.1 Å². The number of nitrogens with one attached hydrogen (secondary N) is 1. The second-order valence-electron chi connectivity index (χ2n) is 5.03. The van der Waals surface area contributed by atoms with Crippen LogP contribution in [0.4, 0.5) is 4.39 Å². The van der Waals surface area contributed by atoms with E-state index >= 15 is 0 Å². The highest BCUT2D eigenvalue weighted by Crippen LogP contribution is 2.31. The van der Waals surface area contributed by atoms with Gasteiger partial charge in [0.1, 0.15) is 0 Å². The van der Waals surface area contributed by atoms with Crippen molar-refractivity contribution < 1.29 is 9.13 Å². The minimum Gasteiger partial charge on any atom is -0.494 e. The van der Waals surface area contributed by atoms with Crippen LogP contribution < -0.4 is 10.1 Å². The van der Waals surface area contributed by atoms with E-state index in [0.717, 1.165) is 11.3 Å². The summed E-state index contributed by atoms with van der Waals surface area (Å²) in [6.07, 6.45) is 1.61. The van der Waals surface area contributed by atoms with Gasteiger partial charge in [0, 0.05) is 6.04 Å². The highest BCUT2D eigenvalue weighted by molar-refractivity contribution is 6.31. The van der Waals surface area contributed by atoms with Crippen molar-refractivity contribution in [3.8, 4) is 5.75 Å². The smallest absolute Gasteiger partial charge is 0.165 e. The molecule has 114 valence electrons. The fraction of sp³-hybridized carbons (Fsp3) is 0.400. The molecule has 0 aliphatic carbocycles. The number of ether oxygens (including phenoxy) is 1. The minimum absolute atomic E-state index is 0.159. The summed E-state index contributed by atoms with van der Waals surface area (Å²) >= 11 is 6.27. The van der Waals surface area contributed by atoms with E-state index < -0.39 is 5.82 Å². The van der Waals surface area contributed by atoms with Crippen molar-refractivity contribution >= 4 is 11.6 Å². The van der Waals surface area contributed by atoms with E-state index in [-0.39, 0.29) is 17.8 Å². The van der Waals surface area contributed by atoms with Gasteiger partial charge in [-0.1, -0.05) is 17.7 Å². The fourth-order valence-corrected chi connectivity index (χ4v) is 2.60. The molecule has 2 rings (SSSR count). The topological polar surface area (TPSA) is 39.1 Å². The van der Waals surface area contributed by atoms with Crippen LogP contribution in [0.3, 0.4) is 0 Å². The number of methoxy groups -OCH3 is 1. The van der Waals surface area contributed by atoms with Crippen molar-refractivity contribution in [2.24, 2.45) is 0 Å². The summed E-state index contributed by atoms with van der Waals surface area (Å²) in [5, 5.41) is 8.02. The molecule has 1 heterocycles. The van der Waals surface area contributed by atoms with Gasteiger partial charge in [-0.05, 0) is 38.6 Å². The van der Waals surface area contributed by atoms with Crippen LogP contribution in [-0.2, 0) is 0 Å². The van der Waals surface area contributed by atoms with Gasteiger partial charge >= 0.3 is 0 Å². The summed E-state index contributed by atoms with van der Waals surface area (Å²) in [7, 11) is 3.25. The lowest BCUT2D eigenvalue weighted by atomic mass is 10.0. The first-order chi connectivity index (χ1) is 9.99. The summed E-state index contributed by atoms with van der Waals surface area (Å²) in [5.74, 6) is -0.181. The minimum atomic E-state index is -0.401. The molecule has 0 radical (unpaired) electrons. The SMILES string of the molecule is CNC(c1ccc(OC)c(F)c1)c1c(Cl)cnn1C(C)C. The molecule has 1 unspecified atom stereocenters. The second kappa shape index (κ2) is 6.45. The van der Waals surface area contributed by atoms with Gasteiger partial charge in [0.05, 0.1) is 30.1 Å². The summed E-state index contributed by atoms with van der Waals surface area (Å²) in [4.78, 5) is 0. The average molecular weight is 312 g/mol. The molecule has 0 aliphatic heterocycles. The molecule has 0 bridgehead atoms. The molecule has 1 aromatic carbocycles. The zero-order chi connectivity index (χ0) is 15.6. The molecule has 0 saturated carbocycles. The van der Waals surface area contributed by atoms with Crippen LogP contribution >= 0.6 is 11.6 Å². The average Bonchev–Trinajstić information content (AvgIpc) is 2.82. The van der Waals surface area contributed by atoms with Crippen LogP contribution in [0.1, 0.15) is 37.2 Å². The number of rotatable bonds is 5. The van der Waals surface area contributed by atoms with E-state index in [1.54, 1.807) is 19.3 Å². The molecule has 1 aromatic heterocycles. The van der Waals surface area contributed by atoms with Crippen molar-refractivity contribution in [2.75, 3.05) is 14.2 Å². The lowest BCUT2D eigenvalue weighted by Crippen LogP contribution is -2.23. The third kappa shape index (κ3) is 3.04. The third-order valence-corrected chi connectivity index (χ3v) is 3.64. The lowest BCUT2D eigenvalue weighted by Gasteiger charge is -2.21. The molecule has 0 fully saturated rings. The van der Waals surface area contributed by atoms with E-state index in [1.807, 2.05) is 24.6 Å². The molecule has 4 nitrogen and oxygen atoms in total. The largest absolute Gasteiger partial charge is 0.494 e. The maximum absolute atomic E-state index is 13.9.